The van der Waals surface area contributed by atoms with Crippen molar-refractivity contribution < 1.29 is 24.8 Å². The summed E-state index contributed by atoms with van der Waals surface area (Å²) in [5.41, 5.74) is -1.33. The van der Waals surface area contributed by atoms with Crippen LogP contribution >= 0.6 is 0 Å². The summed E-state index contributed by atoms with van der Waals surface area (Å²) in [6.45, 7) is 0. The third-order valence-corrected chi connectivity index (χ3v) is 2.97. The Morgan fingerprint density at radius 3 is 2.69 bits per heavy atom. The lowest BCUT2D eigenvalue weighted by Gasteiger charge is -2.24. The molecule has 0 amide bonds. The first kappa shape index (κ1) is 9.36. The zero-order chi connectivity index (χ0) is 9.64. The average molecular weight is 190 g/mol. The second-order valence-electron chi connectivity index (χ2n) is 3.70. The minimum atomic E-state index is -1.33. The van der Waals surface area contributed by atoms with E-state index in [1.54, 1.807) is 0 Å². The molecule has 1 saturated heterocycles. The van der Waals surface area contributed by atoms with Crippen molar-refractivity contribution in [2.45, 2.75) is 43.0 Å². The number of aliphatic hydroxyl groups is 3. The van der Waals surface area contributed by atoms with Crippen LogP contribution in [0.4, 0.5) is 0 Å². The molecule has 5 unspecified atom stereocenters. The molecule has 1 saturated carbocycles. The predicted octanol–water partition coefficient (Wildman–Crippen LogP) is -1.40. The van der Waals surface area contributed by atoms with Gasteiger partial charge in [-0.2, -0.15) is 0 Å². The summed E-state index contributed by atoms with van der Waals surface area (Å²) in [5.74, 6) is 0. The minimum Gasteiger partial charge on any atom is -0.390 e. The molecule has 0 bridgehead atoms. The van der Waals surface area contributed by atoms with Crippen molar-refractivity contribution in [2.24, 2.45) is 0 Å². The van der Waals surface area contributed by atoms with E-state index in [-0.39, 0.29) is 0 Å². The molecule has 5 atom stereocenters. The van der Waals surface area contributed by atoms with Gasteiger partial charge in [0.1, 0.15) is 17.8 Å². The van der Waals surface area contributed by atoms with Gasteiger partial charge in [-0.15, -0.1) is 0 Å². The van der Waals surface area contributed by atoms with Crippen molar-refractivity contribution in [3.63, 3.8) is 0 Å². The Balaban J connectivity index is 2.21. The van der Waals surface area contributed by atoms with E-state index >= 15 is 0 Å². The fraction of sp³-hybridized carbons (Fsp3) is 1.00. The van der Waals surface area contributed by atoms with Gasteiger partial charge in [0, 0.05) is 7.11 Å². The second-order valence-corrected chi connectivity index (χ2v) is 3.70. The summed E-state index contributed by atoms with van der Waals surface area (Å²) in [6, 6.07) is 0. The molecule has 1 aliphatic carbocycles. The van der Waals surface area contributed by atoms with Crippen LogP contribution in [0.3, 0.4) is 0 Å². The number of rotatable bonds is 1. The van der Waals surface area contributed by atoms with Crippen LogP contribution in [0.25, 0.3) is 0 Å². The lowest BCUT2D eigenvalue weighted by molar-refractivity contribution is -0.163. The highest BCUT2D eigenvalue weighted by molar-refractivity contribution is 5.08. The molecule has 0 radical (unpaired) electrons. The first-order valence-corrected chi connectivity index (χ1v) is 4.36. The first-order valence-electron chi connectivity index (χ1n) is 4.36. The highest BCUT2D eigenvalue weighted by Gasteiger charge is 2.61. The zero-order valence-electron chi connectivity index (χ0n) is 7.38. The van der Waals surface area contributed by atoms with Crippen LogP contribution in [0.2, 0.25) is 0 Å². The van der Waals surface area contributed by atoms with Crippen molar-refractivity contribution in [1.29, 1.82) is 0 Å². The molecule has 5 nitrogen and oxygen atoms in total. The fourth-order valence-electron chi connectivity index (χ4n) is 2.17. The van der Waals surface area contributed by atoms with E-state index in [1.165, 1.54) is 7.11 Å². The number of fused-ring (bicyclic) bond motifs is 1. The van der Waals surface area contributed by atoms with Crippen molar-refractivity contribution in [3.05, 3.63) is 0 Å². The molecule has 2 rings (SSSR count). The van der Waals surface area contributed by atoms with Crippen LogP contribution in [0.1, 0.15) is 12.8 Å². The zero-order valence-corrected chi connectivity index (χ0v) is 7.38. The highest BCUT2D eigenvalue weighted by atomic mass is 16.7. The van der Waals surface area contributed by atoms with Crippen LogP contribution in [0.5, 0.6) is 0 Å². The van der Waals surface area contributed by atoms with E-state index in [0.717, 1.165) is 0 Å². The van der Waals surface area contributed by atoms with E-state index in [4.69, 9.17) is 9.47 Å². The van der Waals surface area contributed by atoms with Gasteiger partial charge in [0.05, 0.1) is 6.10 Å². The molecular formula is C8H14O5. The Labute approximate surface area is 75.9 Å². The maximum atomic E-state index is 9.96. The topological polar surface area (TPSA) is 79.2 Å². The molecule has 0 aromatic carbocycles. The van der Waals surface area contributed by atoms with Crippen LogP contribution < -0.4 is 0 Å². The largest absolute Gasteiger partial charge is 0.390 e. The monoisotopic (exact) mass is 190 g/mol. The third-order valence-electron chi connectivity index (χ3n) is 2.97. The lowest BCUT2D eigenvalue weighted by Crippen LogP contribution is -2.46. The van der Waals surface area contributed by atoms with Crippen molar-refractivity contribution in [1.82, 2.24) is 0 Å². The molecule has 1 aliphatic heterocycles. The Hall–Kier alpha value is -0.200. The Bertz CT molecular complexity index is 209. The van der Waals surface area contributed by atoms with Crippen LogP contribution in [-0.4, -0.2) is 52.6 Å². The van der Waals surface area contributed by atoms with Crippen molar-refractivity contribution in [2.75, 3.05) is 7.11 Å². The van der Waals surface area contributed by atoms with Gasteiger partial charge in [-0.1, -0.05) is 0 Å². The third kappa shape index (κ3) is 1.12. The first-order chi connectivity index (χ1) is 6.09. The molecule has 5 heteroatoms. The highest BCUT2D eigenvalue weighted by Crippen LogP contribution is 2.43. The van der Waals surface area contributed by atoms with E-state index in [2.05, 4.69) is 0 Å². The van der Waals surface area contributed by atoms with Gasteiger partial charge in [0.15, 0.2) is 6.29 Å². The number of ether oxygens (including phenoxy) is 2. The number of hydrogen-bond donors (Lipinski definition) is 3. The maximum absolute atomic E-state index is 9.96. The lowest BCUT2D eigenvalue weighted by atomic mass is 9.95. The van der Waals surface area contributed by atoms with E-state index in [0.29, 0.717) is 12.8 Å². The quantitative estimate of drug-likeness (QED) is 0.474. The van der Waals surface area contributed by atoms with Crippen molar-refractivity contribution >= 4 is 0 Å². The van der Waals surface area contributed by atoms with Gasteiger partial charge >= 0.3 is 0 Å². The Kier molecular flexibility index (Phi) is 2.08. The van der Waals surface area contributed by atoms with Crippen LogP contribution in [0.15, 0.2) is 0 Å². The molecule has 2 aliphatic rings. The SMILES string of the molecule is COC1OC2C(O)CCC2(O)C1O. The van der Waals surface area contributed by atoms with E-state index in [9.17, 15) is 15.3 Å². The van der Waals surface area contributed by atoms with Gasteiger partial charge in [-0.05, 0) is 12.8 Å². The normalized spacial score (nSPS) is 55.4. The molecule has 76 valence electrons. The van der Waals surface area contributed by atoms with E-state index < -0.39 is 30.2 Å². The molecule has 0 spiro atoms. The molecule has 0 aromatic rings. The molecular weight excluding hydrogens is 176 g/mol. The van der Waals surface area contributed by atoms with Crippen LogP contribution in [0, 0.1) is 0 Å². The van der Waals surface area contributed by atoms with Crippen LogP contribution in [-0.2, 0) is 9.47 Å². The van der Waals surface area contributed by atoms with Gasteiger partial charge < -0.3 is 24.8 Å². The molecule has 1 heterocycles. The molecule has 0 aromatic heterocycles. The summed E-state index contributed by atoms with van der Waals surface area (Å²) in [5, 5.41) is 29.0. The predicted molar refractivity (Wildman–Crippen MR) is 41.9 cm³/mol. The van der Waals surface area contributed by atoms with Gasteiger partial charge in [-0.3, -0.25) is 0 Å². The maximum Gasteiger partial charge on any atom is 0.186 e. The van der Waals surface area contributed by atoms with Gasteiger partial charge in [0.25, 0.3) is 0 Å². The summed E-state index contributed by atoms with van der Waals surface area (Å²) < 4.78 is 10.0. The molecule has 2 fully saturated rings. The molecule has 13 heavy (non-hydrogen) atoms. The summed E-state index contributed by atoms with van der Waals surface area (Å²) in [4.78, 5) is 0. The minimum absolute atomic E-state index is 0.347. The van der Waals surface area contributed by atoms with Crippen molar-refractivity contribution in [3.8, 4) is 0 Å². The fourth-order valence-corrected chi connectivity index (χ4v) is 2.17. The van der Waals surface area contributed by atoms with E-state index in [1.807, 2.05) is 0 Å². The summed E-state index contributed by atoms with van der Waals surface area (Å²) in [7, 11) is 1.39. The smallest absolute Gasteiger partial charge is 0.186 e. The van der Waals surface area contributed by atoms with Gasteiger partial charge in [-0.25, -0.2) is 0 Å². The number of methoxy groups -OCH3 is 1. The number of aliphatic hydroxyl groups excluding tert-OH is 2. The Morgan fingerprint density at radius 1 is 1.46 bits per heavy atom. The second kappa shape index (κ2) is 2.90. The average Bonchev–Trinajstić information content (AvgIpc) is 2.53. The standard InChI is InChI=1S/C8H14O5/c1-12-7-5(10)8(11)3-2-4(9)6(8)13-7/h4-7,9-11H,2-3H2,1H3. The Morgan fingerprint density at radius 2 is 2.15 bits per heavy atom. The molecule has 3 N–H and O–H groups in total. The van der Waals surface area contributed by atoms with Gasteiger partial charge in [0.2, 0.25) is 0 Å². The number of hydrogen-bond acceptors (Lipinski definition) is 5. The summed E-state index contributed by atoms with van der Waals surface area (Å²) >= 11 is 0. The summed E-state index contributed by atoms with van der Waals surface area (Å²) in [6.07, 6.45) is -2.52.